The monoisotopic (exact) mass is 248 g/mol. The summed E-state index contributed by atoms with van der Waals surface area (Å²) < 4.78 is 5.39. The zero-order valence-corrected chi connectivity index (χ0v) is 11.3. The van der Waals surface area contributed by atoms with Crippen molar-refractivity contribution in [3.8, 4) is 0 Å². The standard InChI is InChI=1S/C15H24N2O/c1-17(9-6-13-7-10-18-11-8-13)15-4-2-14(12-16)3-5-15/h2-5,13H,6-12,16H2,1H3. The van der Waals surface area contributed by atoms with Crippen molar-refractivity contribution in [2.45, 2.75) is 25.8 Å². The van der Waals surface area contributed by atoms with Gasteiger partial charge in [0.15, 0.2) is 0 Å². The van der Waals surface area contributed by atoms with E-state index in [-0.39, 0.29) is 0 Å². The van der Waals surface area contributed by atoms with Crippen molar-refractivity contribution in [1.29, 1.82) is 0 Å². The Hall–Kier alpha value is -1.06. The largest absolute Gasteiger partial charge is 0.381 e. The smallest absolute Gasteiger partial charge is 0.0468 e. The maximum Gasteiger partial charge on any atom is 0.0468 e. The van der Waals surface area contributed by atoms with Crippen molar-refractivity contribution >= 4 is 5.69 Å². The van der Waals surface area contributed by atoms with E-state index in [0.717, 1.165) is 25.7 Å². The minimum absolute atomic E-state index is 0.617. The summed E-state index contributed by atoms with van der Waals surface area (Å²) in [5.41, 5.74) is 8.08. The molecule has 0 atom stereocenters. The van der Waals surface area contributed by atoms with Crippen LogP contribution in [0.5, 0.6) is 0 Å². The fraction of sp³-hybridized carbons (Fsp3) is 0.600. The second-order valence-electron chi connectivity index (χ2n) is 5.14. The minimum atomic E-state index is 0.617. The maximum absolute atomic E-state index is 5.61. The number of benzene rings is 1. The van der Waals surface area contributed by atoms with Crippen LogP contribution in [-0.4, -0.2) is 26.8 Å². The molecule has 1 aliphatic rings. The van der Waals surface area contributed by atoms with Crippen molar-refractivity contribution in [2.75, 3.05) is 31.7 Å². The zero-order chi connectivity index (χ0) is 12.8. The van der Waals surface area contributed by atoms with Gasteiger partial charge in [-0.2, -0.15) is 0 Å². The first-order valence-electron chi connectivity index (χ1n) is 6.87. The normalized spacial score (nSPS) is 16.8. The lowest BCUT2D eigenvalue weighted by molar-refractivity contribution is 0.0645. The van der Waals surface area contributed by atoms with Crippen LogP contribution in [0, 0.1) is 5.92 Å². The molecule has 0 aromatic heterocycles. The van der Waals surface area contributed by atoms with Crippen LogP contribution in [-0.2, 0) is 11.3 Å². The van der Waals surface area contributed by atoms with E-state index in [1.54, 1.807) is 0 Å². The number of nitrogens with zero attached hydrogens (tertiary/aromatic N) is 1. The summed E-state index contributed by atoms with van der Waals surface area (Å²) in [4.78, 5) is 2.33. The van der Waals surface area contributed by atoms with Crippen LogP contribution in [0.4, 0.5) is 5.69 Å². The first-order chi connectivity index (χ1) is 8.79. The second kappa shape index (κ2) is 6.76. The number of rotatable bonds is 5. The number of anilines is 1. The highest BCUT2D eigenvalue weighted by Gasteiger charge is 2.14. The SMILES string of the molecule is CN(CCC1CCOCC1)c1ccc(CN)cc1. The summed E-state index contributed by atoms with van der Waals surface area (Å²) in [6, 6.07) is 8.54. The van der Waals surface area contributed by atoms with Crippen molar-refractivity contribution in [2.24, 2.45) is 11.7 Å². The van der Waals surface area contributed by atoms with Gasteiger partial charge in [-0.3, -0.25) is 0 Å². The Labute approximate surface area is 110 Å². The molecule has 1 fully saturated rings. The third-order valence-corrected chi connectivity index (χ3v) is 3.83. The predicted molar refractivity (Wildman–Crippen MR) is 75.8 cm³/mol. The van der Waals surface area contributed by atoms with Crippen LogP contribution >= 0.6 is 0 Å². The average molecular weight is 248 g/mol. The summed E-state index contributed by atoms with van der Waals surface area (Å²) in [6.07, 6.45) is 3.71. The van der Waals surface area contributed by atoms with E-state index in [2.05, 4.69) is 36.2 Å². The molecule has 18 heavy (non-hydrogen) atoms. The van der Waals surface area contributed by atoms with Gasteiger partial charge in [0.25, 0.3) is 0 Å². The number of hydrogen-bond acceptors (Lipinski definition) is 3. The molecule has 1 heterocycles. The fourth-order valence-electron chi connectivity index (χ4n) is 2.43. The number of ether oxygens (including phenoxy) is 1. The maximum atomic E-state index is 5.61. The summed E-state index contributed by atoms with van der Waals surface area (Å²) in [7, 11) is 2.16. The summed E-state index contributed by atoms with van der Waals surface area (Å²) in [5, 5.41) is 0. The average Bonchev–Trinajstić information content (AvgIpc) is 2.46. The molecule has 0 bridgehead atoms. The Balaban J connectivity index is 1.80. The predicted octanol–water partition coefficient (Wildman–Crippen LogP) is 2.40. The third kappa shape index (κ3) is 3.72. The van der Waals surface area contributed by atoms with Gasteiger partial charge in [0.2, 0.25) is 0 Å². The van der Waals surface area contributed by atoms with E-state index < -0.39 is 0 Å². The van der Waals surface area contributed by atoms with Crippen LogP contribution < -0.4 is 10.6 Å². The Kier molecular flexibility index (Phi) is 5.02. The molecular weight excluding hydrogens is 224 g/mol. The van der Waals surface area contributed by atoms with Crippen molar-refractivity contribution in [1.82, 2.24) is 0 Å². The molecule has 2 N–H and O–H groups in total. The van der Waals surface area contributed by atoms with Crippen molar-refractivity contribution in [3.05, 3.63) is 29.8 Å². The third-order valence-electron chi connectivity index (χ3n) is 3.83. The Morgan fingerprint density at radius 1 is 1.22 bits per heavy atom. The van der Waals surface area contributed by atoms with E-state index in [9.17, 15) is 0 Å². The van der Waals surface area contributed by atoms with Crippen LogP contribution in [0.15, 0.2) is 24.3 Å². The van der Waals surface area contributed by atoms with Gasteiger partial charge in [0, 0.05) is 39.0 Å². The Bertz CT molecular complexity index is 344. The summed E-state index contributed by atoms with van der Waals surface area (Å²) >= 11 is 0. The lowest BCUT2D eigenvalue weighted by atomic mass is 9.96. The second-order valence-corrected chi connectivity index (χ2v) is 5.14. The van der Waals surface area contributed by atoms with E-state index in [1.165, 1.54) is 30.5 Å². The minimum Gasteiger partial charge on any atom is -0.381 e. The highest BCUT2D eigenvalue weighted by Crippen LogP contribution is 2.20. The first-order valence-corrected chi connectivity index (χ1v) is 6.87. The van der Waals surface area contributed by atoms with Gasteiger partial charge in [-0.05, 0) is 42.9 Å². The molecule has 2 rings (SSSR count). The van der Waals surface area contributed by atoms with Gasteiger partial charge in [-0.25, -0.2) is 0 Å². The Morgan fingerprint density at radius 3 is 2.50 bits per heavy atom. The lowest BCUT2D eigenvalue weighted by Crippen LogP contribution is -2.24. The van der Waals surface area contributed by atoms with Crippen LogP contribution in [0.25, 0.3) is 0 Å². The molecule has 0 radical (unpaired) electrons. The lowest BCUT2D eigenvalue weighted by Gasteiger charge is -2.26. The van der Waals surface area contributed by atoms with E-state index in [1.807, 2.05) is 0 Å². The van der Waals surface area contributed by atoms with Gasteiger partial charge < -0.3 is 15.4 Å². The van der Waals surface area contributed by atoms with E-state index in [0.29, 0.717) is 6.54 Å². The van der Waals surface area contributed by atoms with E-state index >= 15 is 0 Å². The highest BCUT2D eigenvalue weighted by atomic mass is 16.5. The van der Waals surface area contributed by atoms with Crippen LogP contribution in [0.3, 0.4) is 0 Å². The van der Waals surface area contributed by atoms with Gasteiger partial charge >= 0.3 is 0 Å². The molecule has 1 saturated heterocycles. The molecule has 3 nitrogen and oxygen atoms in total. The molecule has 0 amide bonds. The van der Waals surface area contributed by atoms with E-state index in [4.69, 9.17) is 10.5 Å². The highest BCUT2D eigenvalue weighted by molar-refractivity contribution is 5.46. The van der Waals surface area contributed by atoms with Gasteiger partial charge in [-0.15, -0.1) is 0 Å². The van der Waals surface area contributed by atoms with Crippen LogP contribution in [0.2, 0.25) is 0 Å². The zero-order valence-electron chi connectivity index (χ0n) is 11.3. The summed E-state index contributed by atoms with van der Waals surface area (Å²) in [5.74, 6) is 0.838. The molecule has 1 aromatic carbocycles. The van der Waals surface area contributed by atoms with Crippen molar-refractivity contribution in [3.63, 3.8) is 0 Å². The molecule has 1 aromatic rings. The number of nitrogens with two attached hydrogens (primary N) is 1. The Morgan fingerprint density at radius 2 is 1.89 bits per heavy atom. The molecule has 0 aliphatic carbocycles. The molecular formula is C15H24N2O. The van der Waals surface area contributed by atoms with Crippen LogP contribution in [0.1, 0.15) is 24.8 Å². The van der Waals surface area contributed by atoms with Gasteiger partial charge in [0.05, 0.1) is 0 Å². The number of hydrogen-bond donors (Lipinski definition) is 1. The first kappa shape index (κ1) is 13.4. The summed E-state index contributed by atoms with van der Waals surface area (Å²) in [6.45, 7) is 3.62. The molecule has 0 spiro atoms. The molecule has 3 heteroatoms. The quantitative estimate of drug-likeness (QED) is 0.869. The molecule has 0 saturated carbocycles. The topological polar surface area (TPSA) is 38.5 Å². The van der Waals surface area contributed by atoms with Gasteiger partial charge in [0.1, 0.15) is 0 Å². The molecule has 100 valence electrons. The fourth-order valence-corrected chi connectivity index (χ4v) is 2.43. The molecule has 1 aliphatic heterocycles. The van der Waals surface area contributed by atoms with Gasteiger partial charge in [-0.1, -0.05) is 12.1 Å². The molecule has 0 unspecified atom stereocenters. The van der Waals surface area contributed by atoms with Crippen molar-refractivity contribution < 1.29 is 4.74 Å².